The molecular weight excluding hydrogens is 547 g/mol. The van der Waals surface area contributed by atoms with Crippen molar-refractivity contribution in [2.75, 3.05) is 31.6 Å². The Morgan fingerprint density at radius 2 is 2.07 bits per heavy atom. The third kappa shape index (κ3) is 4.20. The average Bonchev–Trinajstić information content (AvgIpc) is 3.45. The van der Waals surface area contributed by atoms with E-state index in [-0.39, 0.29) is 62.8 Å². The highest BCUT2D eigenvalue weighted by Gasteiger charge is 2.49. The van der Waals surface area contributed by atoms with Gasteiger partial charge in [-0.25, -0.2) is 13.2 Å². The lowest BCUT2D eigenvalue weighted by Gasteiger charge is -2.31. The maximum Gasteiger partial charge on any atom is 0.319 e. The van der Waals surface area contributed by atoms with Crippen LogP contribution >= 0.6 is 0 Å². The number of benzene rings is 2. The number of rotatable bonds is 6. The number of β-amino-alcohol motifs (C(OH)–C–C–N with tert-alkyl or cyclic N) is 1. The van der Waals surface area contributed by atoms with Gasteiger partial charge in [-0.05, 0) is 49.4 Å². The molecule has 11 heteroatoms. The molecule has 2 saturated heterocycles. The number of nitrogens with zero attached hydrogens (tertiary/aromatic N) is 5. The summed E-state index contributed by atoms with van der Waals surface area (Å²) in [5.74, 6) is 0.903. The minimum atomic E-state index is -1.04. The number of hydrogen-bond acceptors (Lipinski definition) is 8. The van der Waals surface area contributed by atoms with E-state index in [0.29, 0.717) is 24.8 Å². The zero-order valence-electron chi connectivity index (χ0n) is 22.8. The Kier molecular flexibility index (Phi) is 6.18. The molecule has 4 aromatic rings. The first-order chi connectivity index (χ1) is 20.2. The third-order valence-electron chi connectivity index (χ3n) is 8.86. The summed E-state index contributed by atoms with van der Waals surface area (Å²) in [6.45, 7) is 1.63. The number of pyridine rings is 1. The second-order valence-corrected chi connectivity index (χ2v) is 11.5. The molecule has 4 atom stereocenters. The molecule has 0 radical (unpaired) electrons. The van der Waals surface area contributed by atoms with Crippen molar-refractivity contribution in [3.8, 4) is 35.4 Å². The van der Waals surface area contributed by atoms with Crippen LogP contribution in [0.4, 0.5) is 19.0 Å². The van der Waals surface area contributed by atoms with E-state index in [9.17, 15) is 19.0 Å². The van der Waals surface area contributed by atoms with Crippen LogP contribution in [0.25, 0.3) is 32.9 Å². The van der Waals surface area contributed by atoms with Crippen molar-refractivity contribution in [1.29, 1.82) is 0 Å². The number of hydrogen-bond donors (Lipinski definition) is 2. The fourth-order valence-corrected chi connectivity index (χ4v) is 6.69. The Morgan fingerprint density at radius 1 is 1.26 bits per heavy atom. The van der Waals surface area contributed by atoms with Crippen LogP contribution < -0.4 is 9.64 Å². The van der Waals surface area contributed by atoms with Crippen LogP contribution in [0.3, 0.4) is 0 Å². The number of aliphatic hydroxyl groups excluding tert-OH is 1. The van der Waals surface area contributed by atoms with Gasteiger partial charge in [0.05, 0.1) is 28.6 Å². The van der Waals surface area contributed by atoms with E-state index in [1.54, 1.807) is 11.9 Å². The molecule has 0 amide bonds. The summed E-state index contributed by atoms with van der Waals surface area (Å²) in [5.41, 5.74) is -0.664. The summed E-state index contributed by atoms with van der Waals surface area (Å²) >= 11 is 0. The molecule has 2 aromatic carbocycles. The molecule has 7 rings (SSSR count). The molecule has 42 heavy (non-hydrogen) atoms. The maximum absolute atomic E-state index is 16.5. The number of phenolic OH excluding ortho intramolecular Hbond substituents is 1. The van der Waals surface area contributed by atoms with Crippen LogP contribution in [0.5, 0.6) is 11.8 Å². The number of anilines is 1. The van der Waals surface area contributed by atoms with Crippen LogP contribution in [0.1, 0.15) is 31.2 Å². The number of halogens is 3. The van der Waals surface area contributed by atoms with E-state index in [1.165, 1.54) is 30.5 Å². The predicted octanol–water partition coefficient (Wildman–Crippen LogP) is 4.33. The molecule has 216 valence electrons. The number of aromatic nitrogens is 3. The molecule has 3 fully saturated rings. The van der Waals surface area contributed by atoms with Crippen molar-refractivity contribution in [3.05, 3.63) is 47.7 Å². The topological polar surface area (TPSA) is 94.8 Å². The first-order valence-electron chi connectivity index (χ1n) is 13.9. The fourth-order valence-electron chi connectivity index (χ4n) is 6.69. The smallest absolute Gasteiger partial charge is 0.319 e. The minimum absolute atomic E-state index is 0.0854. The number of aliphatic hydroxyl groups is 1. The number of phenols is 1. The normalized spacial score (nSPS) is 25.1. The maximum atomic E-state index is 16.5. The van der Waals surface area contributed by atoms with E-state index < -0.39 is 30.0 Å². The quantitative estimate of drug-likeness (QED) is 0.328. The van der Waals surface area contributed by atoms with Crippen molar-refractivity contribution in [3.63, 3.8) is 0 Å². The lowest BCUT2D eigenvalue weighted by molar-refractivity contribution is 0.107. The molecule has 1 saturated carbocycles. The Labute approximate surface area is 239 Å². The molecule has 0 bridgehead atoms. The number of terminal acetylenes is 1. The van der Waals surface area contributed by atoms with Gasteiger partial charge in [0.2, 0.25) is 0 Å². The highest BCUT2D eigenvalue weighted by molar-refractivity contribution is 6.03. The molecule has 1 aliphatic carbocycles. The standard InChI is InChI=1S/C31H28F3N5O3/c1-3-19-22(32)6-5-16-9-17(40)10-20(25(16)19)27-26(34)28-21(13-35-27)29(38(2)24-11-23(24)33)37-30(36-28)42-15-31-7-4-8-39(31)14-18(41)12-31/h1,5-6,9-10,13,18,23-24,40-41H,4,7-8,11-12,14-15H2,2H3/t18-,23-,24-,31+/m1/s1. The summed E-state index contributed by atoms with van der Waals surface area (Å²) in [4.78, 5) is 17.2. The number of alkyl halides is 1. The molecule has 0 spiro atoms. The van der Waals surface area contributed by atoms with Gasteiger partial charge in [-0.2, -0.15) is 9.97 Å². The molecule has 3 aliphatic rings. The monoisotopic (exact) mass is 575 g/mol. The molecule has 4 heterocycles. The number of ether oxygens (including phenoxy) is 1. The van der Waals surface area contributed by atoms with Gasteiger partial charge in [0.15, 0.2) is 5.82 Å². The van der Waals surface area contributed by atoms with Gasteiger partial charge in [-0.1, -0.05) is 12.0 Å². The zero-order valence-corrected chi connectivity index (χ0v) is 22.8. The molecule has 8 nitrogen and oxygen atoms in total. The van der Waals surface area contributed by atoms with Crippen LogP contribution in [0.15, 0.2) is 30.5 Å². The van der Waals surface area contributed by atoms with Crippen LogP contribution in [0, 0.1) is 24.0 Å². The Morgan fingerprint density at radius 3 is 2.83 bits per heavy atom. The molecular formula is C31H28F3N5O3. The lowest BCUT2D eigenvalue weighted by atomic mass is 9.94. The highest BCUT2D eigenvalue weighted by Crippen LogP contribution is 2.42. The molecule has 0 unspecified atom stereocenters. The van der Waals surface area contributed by atoms with E-state index in [1.807, 2.05) is 0 Å². The lowest BCUT2D eigenvalue weighted by Crippen LogP contribution is -2.43. The zero-order chi connectivity index (χ0) is 29.3. The largest absolute Gasteiger partial charge is 0.508 e. The molecule has 2 aliphatic heterocycles. The molecule has 2 N–H and O–H groups in total. The predicted molar refractivity (Wildman–Crippen MR) is 151 cm³/mol. The minimum Gasteiger partial charge on any atom is -0.508 e. The van der Waals surface area contributed by atoms with Crippen molar-refractivity contribution >= 4 is 27.5 Å². The van der Waals surface area contributed by atoms with Gasteiger partial charge in [0.25, 0.3) is 0 Å². The van der Waals surface area contributed by atoms with E-state index in [4.69, 9.17) is 11.2 Å². The van der Waals surface area contributed by atoms with Gasteiger partial charge in [-0.15, -0.1) is 6.42 Å². The summed E-state index contributed by atoms with van der Waals surface area (Å²) in [6.07, 6.45) is 8.20. The highest BCUT2D eigenvalue weighted by atomic mass is 19.1. The summed E-state index contributed by atoms with van der Waals surface area (Å²) in [6, 6.07) is 4.81. The van der Waals surface area contributed by atoms with E-state index in [0.717, 1.165) is 19.4 Å². The second-order valence-electron chi connectivity index (χ2n) is 11.5. The SMILES string of the molecule is C#Cc1c(F)ccc2cc(O)cc(-c3ncc4c(N(C)[C@@H]5C[C@H]5F)nc(OC[C@@]56CCCN5C[C@H](O)C6)nc4c3F)c12. The number of aromatic hydroxyl groups is 1. The van der Waals surface area contributed by atoms with Crippen molar-refractivity contribution in [2.45, 2.75) is 49.5 Å². The fraction of sp³-hybridized carbons (Fsp3) is 0.387. The summed E-state index contributed by atoms with van der Waals surface area (Å²) in [5, 5.41) is 21.6. The Bertz CT molecular complexity index is 1800. The van der Waals surface area contributed by atoms with E-state index >= 15 is 4.39 Å². The average molecular weight is 576 g/mol. The Balaban J connectivity index is 1.38. The van der Waals surface area contributed by atoms with Gasteiger partial charge in [0, 0.05) is 37.2 Å². The summed E-state index contributed by atoms with van der Waals surface area (Å²) in [7, 11) is 1.68. The molecule has 2 aromatic heterocycles. The Hall–Kier alpha value is -4.14. The van der Waals surface area contributed by atoms with Crippen molar-refractivity contribution < 1.29 is 28.1 Å². The third-order valence-corrected chi connectivity index (χ3v) is 8.86. The van der Waals surface area contributed by atoms with Crippen LogP contribution in [0.2, 0.25) is 0 Å². The first kappa shape index (κ1) is 26.7. The van der Waals surface area contributed by atoms with Crippen LogP contribution in [-0.4, -0.2) is 80.7 Å². The van der Waals surface area contributed by atoms with Crippen molar-refractivity contribution in [1.82, 2.24) is 19.9 Å². The van der Waals surface area contributed by atoms with E-state index in [2.05, 4.69) is 25.8 Å². The van der Waals surface area contributed by atoms with Gasteiger partial charge in [0.1, 0.15) is 41.4 Å². The number of fused-ring (bicyclic) bond motifs is 3. The second kappa shape index (κ2) is 9.71. The van der Waals surface area contributed by atoms with Crippen LogP contribution in [-0.2, 0) is 0 Å². The van der Waals surface area contributed by atoms with Gasteiger partial charge < -0.3 is 19.8 Å². The first-order valence-corrected chi connectivity index (χ1v) is 13.9. The summed E-state index contributed by atoms with van der Waals surface area (Å²) < 4.78 is 51.4. The van der Waals surface area contributed by atoms with Gasteiger partial charge >= 0.3 is 6.01 Å². The van der Waals surface area contributed by atoms with Crippen molar-refractivity contribution in [2.24, 2.45) is 0 Å². The van der Waals surface area contributed by atoms with Gasteiger partial charge in [-0.3, -0.25) is 9.88 Å².